The highest BCUT2D eigenvalue weighted by atomic mass is 16.5. The molecule has 1 saturated carbocycles. The predicted molar refractivity (Wildman–Crippen MR) is 73.3 cm³/mol. The molecule has 112 valence electrons. The molecule has 2 aliphatic heterocycles. The van der Waals surface area contributed by atoms with Gasteiger partial charge in [-0.05, 0) is 33.1 Å². The first-order chi connectivity index (χ1) is 9.46. The number of amides is 3. The standard InChI is InChI=1S/C14H23N3O3/c1-14(2)9-16(10-4-3-5-11(10)20-14)8-12(18)17-7-6-15-13(17)19/h10-11H,3-9H2,1-2H3,(H,15,19)/t10-,11-/m1/s1. The van der Waals surface area contributed by atoms with Crippen molar-refractivity contribution in [2.45, 2.75) is 50.9 Å². The van der Waals surface area contributed by atoms with Gasteiger partial charge in [0.2, 0.25) is 5.91 Å². The van der Waals surface area contributed by atoms with Gasteiger partial charge in [0.05, 0.1) is 18.2 Å². The molecular formula is C14H23N3O3. The van der Waals surface area contributed by atoms with Crippen molar-refractivity contribution >= 4 is 11.9 Å². The van der Waals surface area contributed by atoms with Gasteiger partial charge in [-0.2, -0.15) is 0 Å². The molecule has 0 aromatic heterocycles. The lowest BCUT2D eigenvalue weighted by Gasteiger charge is -2.46. The maximum atomic E-state index is 12.3. The van der Waals surface area contributed by atoms with E-state index >= 15 is 0 Å². The van der Waals surface area contributed by atoms with Gasteiger partial charge in [-0.15, -0.1) is 0 Å². The average Bonchev–Trinajstić information content (AvgIpc) is 2.95. The van der Waals surface area contributed by atoms with Crippen molar-refractivity contribution in [2.24, 2.45) is 0 Å². The summed E-state index contributed by atoms with van der Waals surface area (Å²) in [6.07, 6.45) is 3.54. The third-order valence-electron chi connectivity index (χ3n) is 4.44. The highest BCUT2D eigenvalue weighted by molar-refractivity contribution is 5.96. The summed E-state index contributed by atoms with van der Waals surface area (Å²) >= 11 is 0. The maximum Gasteiger partial charge on any atom is 0.324 e. The molecule has 20 heavy (non-hydrogen) atoms. The molecule has 6 heteroatoms. The molecule has 1 aliphatic carbocycles. The van der Waals surface area contributed by atoms with Crippen LogP contribution in [0.2, 0.25) is 0 Å². The van der Waals surface area contributed by atoms with Crippen molar-refractivity contribution in [3.05, 3.63) is 0 Å². The molecule has 3 fully saturated rings. The van der Waals surface area contributed by atoms with Crippen LogP contribution in [0.25, 0.3) is 0 Å². The zero-order valence-corrected chi connectivity index (χ0v) is 12.2. The molecule has 0 bridgehead atoms. The largest absolute Gasteiger partial charge is 0.369 e. The number of hydrogen-bond donors (Lipinski definition) is 1. The molecule has 0 aromatic carbocycles. The summed E-state index contributed by atoms with van der Waals surface area (Å²) in [6, 6.07) is 0.0723. The summed E-state index contributed by atoms with van der Waals surface area (Å²) in [7, 11) is 0. The minimum absolute atomic E-state index is 0.0941. The molecule has 0 unspecified atom stereocenters. The fourth-order valence-electron chi connectivity index (χ4n) is 3.66. The van der Waals surface area contributed by atoms with Gasteiger partial charge in [0.25, 0.3) is 0 Å². The van der Waals surface area contributed by atoms with Crippen LogP contribution in [0, 0.1) is 0 Å². The van der Waals surface area contributed by atoms with E-state index in [1.54, 1.807) is 0 Å². The normalized spacial score (nSPS) is 33.1. The van der Waals surface area contributed by atoms with Crippen LogP contribution in [-0.4, -0.2) is 65.7 Å². The number of imide groups is 1. The van der Waals surface area contributed by atoms with E-state index in [9.17, 15) is 9.59 Å². The molecule has 0 aromatic rings. The third kappa shape index (κ3) is 2.54. The number of ether oxygens (including phenoxy) is 1. The Hall–Kier alpha value is -1.14. The molecule has 2 atom stereocenters. The van der Waals surface area contributed by atoms with Gasteiger partial charge in [0.15, 0.2) is 0 Å². The predicted octanol–water partition coefficient (Wildman–Crippen LogP) is 0.570. The summed E-state index contributed by atoms with van der Waals surface area (Å²) < 4.78 is 6.11. The van der Waals surface area contributed by atoms with Crippen LogP contribution in [0.15, 0.2) is 0 Å². The highest BCUT2D eigenvalue weighted by Crippen LogP contribution is 2.35. The van der Waals surface area contributed by atoms with Crippen LogP contribution in [0.4, 0.5) is 4.79 Å². The molecule has 2 heterocycles. The first-order valence-corrected chi connectivity index (χ1v) is 7.46. The zero-order chi connectivity index (χ0) is 14.3. The summed E-state index contributed by atoms with van der Waals surface area (Å²) in [5.74, 6) is -0.0941. The van der Waals surface area contributed by atoms with Crippen molar-refractivity contribution in [1.29, 1.82) is 0 Å². The van der Waals surface area contributed by atoms with Gasteiger partial charge < -0.3 is 10.1 Å². The van der Waals surface area contributed by atoms with E-state index in [-0.39, 0.29) is 23.6 Å². The van der Waals surface area contributed by atoms with Crippen molar-refractivity contribution < 1.29 is 14.3 Å². The van der Waals surface area contributed by atoms with Crippen LogP contribution < -0.4 is 5.32 Å². The number of carbonyl (C=O) groups is 2. The lowest BCUT2D eigenvalue weighted by molar-refractivity contribution is -0.160. The molecule has 1 N–H and O–H groups in total. The second-order valence-electron chi connectivity index (χ2n) is 6.60. The zero-order valence-electron chi connectivity index (χ0n) is 12.2. The first-order valence-electron chi connectivity index (χ1n) is 7.46. The summed E-state index contributed by atoms with van der Waals surface area (Å²) in [6.45, 7) is 6.25. The van der Waals surface area contributed by atoms with Gasteiger partial charge in [0, 0.05) is 25.7 Å². The molecule has 3 rings (SSSR count). The number of hydrogen-bond acceptors (Lipinski definition) is 4. The summed E-state index contributed by atoms with van der Waals surface area (Å²) in [5, 5.41) is 2.67. The molecular weight excluding hydrogens is 258 g/mol. The van der Waals surface area contributed by atoms with E-state index in [2.05, 4.69) is 24.1 Å². The van der Waals surface area contributed by atoms with Crippen LogP contribution in [0.1, 0.15) is 33.1 Å². The van der Waals surface area contributed by atoms with E-state index in [0.717, 1.165) is 25.8 Å². The van der Waals surface area contributed by atoms with Gasteiger partial charge in [-0.25, -0.2) is 4.79 Å². The number of urea groups is 1. The number of carbonyl (C=O) groups excluding carboxylic acids is 2. The quantitative estimate of drug-likeness (QED) is 0.804. The van der Waals surface area contributed by atoms with Gasteiger partial charge in [-0.3, -0.25) is 14.6 Å². The molecule has 3 amide bonds. The minimum Gasteiger partial charge on any atom is -0.369 e. The lowest BCUT2D eigenvalue weighted by Crippen LogP contribution is -2.59. The molecule has 0 radical (unpaired) electrons. The van der Waals surface area contributed by atoms with Crippen LogP contribution in [0.5, 0.6) is 0 Å². The Morgan fingerprint density at radius 2 is 2.25 bits per heavy atom. The SMILES string of the molecule is CC1(C)CN(CC(=O)N2CCNC2=O)[C@@H]2CCC[C@H]2O1. The second-order valence-corrected chi connectivity index (χ2v) is 6.60. The summed E-state index contributed by atoms with van der Waals surface area (Å²) in [5.41, 5.74) is -0.223. The van der Waals surface area contributed by atoms with Crippen LogP contribution >= 0.6 is 0 Å². The van der Waals surface area contributed by atoms with Crippen molar-refractivity contribution in [1.82, 2.24) is 15.1 Å². The summed E-state index contributed by atoms with van der Waals surface area (Å²) in [4.78, 5) is 27.4. The fourth-order valence-corrected chi connectivity index (χ4v) is 3.66. The van der Waals surface area contributed by atoms with Gasteiger partial charge >= 0.3 is 6.03 Å². The molecule has 3 aliphatic rings. The fraction of sp³-hybridized carbons (Fsp3) is 0.857. The Kier molecular flexibility index (Phi) is 3.46. The lowest BCUT2D eigenvalue weighted by atomic mass is 10.0. The Morgan fingerprint density at radius 1 is 1.45 bits per heavy atom. The molecule has 0 spiro atoms. The van der Waals surface area contributed by atoms with E-state index in [4.69, 9.17) is 4.74 Å². The Morgan fingerprint density at radius 3 is 2.95 bits per heavy atom. The van der Waals surface area contributed by atoms with E-state index < -0.39 is 0 Å². The Bertz CT molecular complexity index is 424. The Balaban J connectivity index is 1.68. The number of rotatable bonds is 2. The number of fused-ring (bicyclic) bond motifs is 1. The van der Waals surface area contributed by atoms with E-state index in [0.29, 0.717) is 25.7 Å². The second kappa shape index (κ2) is 5.00. The van der Waals surface area contributed by atoms with E-state index in [1.165, 1.54) is 4.90 Å². The number of morpholine rings is 1. The number of nitrogens with one attached hydrogen (secondary N) is 1. The van der Waals surface area contributed by atoms with Crippen LogP contribution in [-0.2, 0) is 9.53 Å². The minimum atomic E-state index is -0.259. The van der Waals surface area contributed by atoms with Gasteiger partial charge in [0.1, 0.15) is 0 Å². The van der Waals surface area contributed by atoms with Gasteiger partial charge in [-0.1, -0.05) is 0 Å². The third-order valence-corrected chi connectivity index (χ3v) is 4.44. The molecule has 6 nitrogen and oxygen atoms in total. The van der Waals surface area contributed by atoms with E-state index in [1.807, 2.05) is 0 Å². The smallest absolute Gasteiger partial charge is 0.324 e. The maximum absolute atomic E-state index is 12.3. The molecule has 2 saturated heterocycles. The topological polar surface area (TPSA) is 61.9 Å². The number of nitrogens with zero attached hydrogens (tertiary/aromatic N) is 2. The first kappa shape index (κ1) is 13.8. The Labute approximate surface area is 119 Å². The van der Waals surface area contributed by atoms with Crippen LogP contribution in [0.3, 0.4) is 0 Å². The van der Waals surface area contributed by atoms with Crippen molar-refractivity contribution in [3.63, 3.8) is 0 Å². The van der Waals surface area contributed by atoms with Crippen molar-refractivity contribution in [3.8, 4) is 0 Å². The highest BCUT2D eigenvalue weighted by Gasteiger charge is 2.44. The van der Waals surface area contributed by atoms with Crippen molar-refractivity contribution in [2.75, 3.05) is 26.2 Å². The monoisotopic (exact) mass is 281 g/mol. The average molecular weight is 281 g/mol.